The Morgan fingerprint density at radius 1 is 1.25 bits per heavy atom. The topological polar surface area (TPSA) is 34.9 Å². The molecule has 0 amide bonds. The Morgan fingerprint density at radius 2 is 1.94 bits per heavy atom. The summed E-state index contributed by atoms with van der Waals surface area (Å²) in [7, 11) is 0. The van der Waals surface area contributed by atoms with Gasteiger partial charge in [-0.1, -0.05) is 50.6 Å². The highest BCUT2D eigenvalue weighted by molar-refractivity contribution is 6.29. The highest BCUT2D eigenvalue weighted by Crippen LogP contribution is 2.05. The molecule has 0 bridgehead atoms. The summed E-state index contributed by atoms with van der Waals surface area (Å²) in [6.45, 7) is 2.95. The minimum Gasteiger partial charge on any atom is -0.299 e. The number of halogens is 1. The van der Waals surface area contributed by atoms with Gasteiger partial charge in [0.2, 0.25) is 0 Å². The second kappa shape index (κ2) is 7.44. The third-order valence-electron chi connectivity index (χ3n) is 2.60. The zero-order valence-electron chi connectivity index (χ0n) is 9.79. The predicted molar refractivity (Wildman–Crippen MR) is 66.9 cm³/mol. The van der Waals surface area contributed by atoms with Crippen LogP contribution in [0.3, 0.4) is 0 Å². The Bertz CT molecular complexity index is 362. The SMILES string of the molecule is CCCCCCCCn1cnc(Cl)cc1=O. The van der Waals surface area contributed by atoms with E-state index in [-0.39, 0.29) is 10.7 Å². The van der Waals surface area contributed by atoms with Crippen LogP contribution in [0.4, 0.5) is 0 Å². The van der Waals surface area contributed by atoms with Crippen LogP contribution in [0.1, 0.15) is 45.4 Å². The van der Waals surface area contributed by atoms with Gasteiger partial charge in [-0.15, -0.1) is 0 Å². The van der Waals surface area contributed by atoms with E-state index < -0.39 is 0 Å². The minimum absolute atomic E-state index is 0.0615. The van der Waals surface area contributed by atoms with Crippen molar-refractivity contribution in [2.24, 2.45) is 0 Å². The Hall–Kier alpha value is -0.830. The molecule has 0 spiro atoms. The van der Waals surface area contributed by atoms with Gasteiger partial charge >= 0.3 is 0 Å². The molecule has 0 unspecified atom stereocenters. The molecule has 0 fully saturated rings. The molecular weight excluding hydrogens is 224 g/mol. The standard InChI is InChI=1S/C12H19ClN2O/c1-2-3-4-5-6-7-8-15-10-14-11(13)9-12(15)16/h9-10H,2-8H2,1H3. The Kier molecular flexibility index (Phi) is 6.16. The fraction of sp³-hybridized carbons (Fsp3) is 0.667. The number of unbranched alkanes of at least 4 members (excludes halogenated alkanes) is 5. The number of hydrogen-bond acceptors (Lipinski definition) is 2. The first-order valence-corrected chi connectivity index (χ1v) is 6.34. The molecule has 4 heteroatoms. The van der Waals surface area contributed by atoms with Crippen molar-refractivity contribution in [2.45, 2.75) is 52.0 Å². The van der Waals surface area contributed by atoms with Crippen LogP contribution in [0.5, 0.6) is 0 Å². The quantitative estimate of drug-likeness (QED) is 0.543. The highest BCUT2D eigenvalue weighted by Gasteiger charge is 1.97. The molecule has 3 nitrogen and oxygen atoms in total. The minimum atomic E-state index is -0.0615. The van der Waals surface area contributed by atoms with Gasteiger partial charge < -0.3 is 0 Å². The average Bonchev–Trinajstić information content (AvgIpc) is 2.26. The van der Waals surface area contributed by atoms with Gasteiger partial charge in [0.1, 0.15) is 5.15 Å². The van der Waals surface area contributed by atoms with Gasteiger partial charge in [-0.3, -0.25) is 9.36 Å². The summed E-state index contributed by atoms with van der Waals surface area (Å²) in [5, 5.41) is 0.268. The van der Waals surface area contributed by atoms with E-state index in [0.717, 1.165) is 13.0 Å². The molecular formula is C12H19ClN2O. The van der Waals surface area contributed by atoms with E-state index >= 15 is 0 Å². The highest BCUT2D eigenvalue weighted by atomic mass is 35.5. The van der Waals surface area contributed by atoms with Crippen LogP contribution in [0.2, 0.25) is 5.15 Å². The van der Waals surface area contributed by atoms with Crippen molar-refractivity contribution in [3.8, 4) is 0 Å². The van der Waals surface area contributed by atoms with Crippen molar-refractivity contribution in [2.75, 3.05) is 0 Å². The fourth-order valence-electron chi connectivity index (χ4n) is 1.63. The van der Waals surface area contributed by atoms with E-state index in [1.54, 1.807) is 4.57 Å². The number of aryl methyl sites for hydroxylation is 1. The number of rotatable bonds is 7. The van der Waals surface area contributed by atoms with E-state index in [4.69, 9.17) is 11.6 Å². The smallest absolute Gasteiger partial charge is 0.254 e. The zero-order chi connectivity index (χ0) is 11.8. The first-order valence-electron chi connectivity index (χ1n) is 5.96. The molecule has 1 aromatic heterocycles. The van der Waals surface area contributed by atoms with Crippen LogP contribution in [0, 0.1) is 0 Å². The van der Waals surface area contributed by atoms with Crippen LogP contribution in [-0.4, -0.2) is 9.55 Å². The normalized spacial score (nSPS) is 10.6. The number of hydrogen-bond donors (Lipinski definition) is 0. The largest absolute Gasteiger partial charge is 0.299 e. The van der Waals surface area contributed by atoms with Crippen molar-refractivity contribution in [3.63, 3.8) is 0 Å². The first kappa shape index (κ1) is 13.2. The molecule has 1 rings (SSSR count). The van der Waals surface area contributed by atoms with Gasteiger partial charge in [-0.2, -0.15) is 0 Å². The van der Waals surface area contributed by atoms with Crippen LogP contribution >= 0.6 is 11.6 Å². The van der Waals surface area contributed by atoms with Gasteiger partial charge in [0.25, 0.3) is 5.56 Å². The third-order valence-corrected chi connectivity index (χ3v) is 2.81. The van der Waals surface area contributed by atoms with Crippen LogP contribution in [0.25, 0.3) is 0 Å². The third kappa shape index (κ3) is 4.79. The van der Waals surface area contributed by atoms with E-state index in [0.29, 0.717) is 0 Å². The number of aromatic nitrogens is 2. The summed E-state index contributed by atoms with van der Waals surface area (Å²) < 4.78 is 1.62. The monoisotopic (exact) mass is 242 g/mol. The molecule has 1 heterocycles. The lowest BCUT2D eigenvalue weighted by Gasteiger charge is -2.04. The van der Waals surface area contributed by atoms with E-state index in [1.165, 1.54) is 44.5 Å². The van der Waals surface area contributed by atoms with Crippen molar-refractivity contribution in [1.29, 1.82) is 0 Å². The second-order valence-corrected chi connectivity index (χ2v) is 4.40. The molecule has 0 aliphatic rings. The van der Waals surface area contributed by atoms with Gasteiger partial charge in [0.15, 0.2) is 0 Å². The summed E-state index contributed by atoms with van der Waals surface area (Å²) in [5.74, 6) is 0. The Morgan fingerprint density at radius 3 is 2.62 bits per heavy atom. The van der Waals surface area contributed by atoms with E-state index in [1.807, 2.05) is 0 Å². The molecule has 0 saturated heterocycles. The maximum Gasteiger partial charge on any atom is 0.254 e. The Balaban J connectivity index is 2.24. The summed E-state index contributed by atoms with van der Waals surface area (Å²) in [6, 6.07) is 1.36. The molecule has 0 atom stereocenters. The predicted octanol–water partition coefficient (Wildman–Crippen LogP) is 3.26. The average molecular weight is 243 g/mol. The zero-order valence-corrected chi connectivity index (χ0v) is 10.5. The summed E-state index contributed by atoms with van der Waals surface area (Å²) in [5.41, 5.74) is -0.0615. The van der Waals surface area contributed by atoms with Crippen molar-refractivity contribution in [3.05, 3.63) is 27.9 Å². The van der Waals surface area contributed by atoms with Gasteiger partial charge in [0.05, 0.1) is 6.33 Å². The fourth-order valence-corrected chi connectivity index (χ4v) is 1.77. The van der Waals surface area contributed by atoms with Crippen molar-refractivity contribution < 1.29 is 0 Å². The van der Waals surface area contributed by atoms with Gasteiger partial charge in [-0.05, 0) is 6.42 Å². The molecule has 0 aromatic carbocycles. The lowest BCUT2D eigenvalue weighted by Crippen LogP contribution is -2.19. The lowest BCUT2D eigenvalue weighted by molar-refractivity contribution is 0.545. The summed E-state index contributed by atoms with van der Waals surface area (Å²) >= 11 is 5.61. The van der Waals surface area contributed by atoms with E-state index in [9.17, 15) is 4.79 Å². The van der Waals surface area contributed by atoms with Crippen molar-refractivity contribution >= 4 is 11.6 Å². The molecule has 0 saturated carbocycles. The van der Waals surface area contributed by atoms with Gasteiger partial charge in [-0.25, -0.2) is 4.98 Å². The lowest BCUT2D eigenvalue weighted by atomic mass is 10.1. The molecule has 1 aromatic rings. The molecule has 16 heavy (non-hydrogen) atoms. The first-order chi connectivity index (χ1) is 7.74. The molecule has 0 radical (unpaired) electrons. The van der Waals surface area contributed by atoms with Crippen molar-refractivity contribution in [1.82, 2.24) is 9.55 Å². The molecule has 0 aliphatic heterocycles. The maximum absolute atomic E-state index is 11.4. The summed E-state index contributed by atoms with van der Waals surface area (Å²) in [4.78, 5) is 15.3. The molecule has 0 aliphatic carbocycles. The van der Waals surface area contributed by atoms with Crippen LogP contribution < -0.4 is 5.56 Å². The second-order valence-electron chi connectivity index (χ2n) is 4.01. The summed E-state index contributed by atoms with van der Waals surface area (Å²) in [6.07, 6.45) is 8.86. The number of nitrogens with zero attached hydrogens (tertiary/aromatic N) is 2. The Labute approximate surface area is 101 Å². The van der Waals surface area contributed by atoms with Crippen LogP contribution in [0.15, 0.2) is 17.2 Å². The maximum atomic E-state index is 11.4. The van der Waals surface area contributed by atoms with Crippen LogP contribution in [-0.2, 0) is 6.54 Å². The molecule has 90 valence electrons. The van der Waals surface area contributed by atoms with E-state index in [2.05, 4.69) is 11.9 Å². The van der Waals surface area contributed by atoms with Gasteiger partial charge in [0, 0.05) is 12.6 Å². The molecule has 0 N–H and O–H groups in total.